The Kier molecular flexibility index (Phi) is 7.47. The first-order chi connectivity index (χ1) is 16.9. The van der Waals surface area contributed by atoms with E-state index in [1.54, 1.807) is 35.7 Å². The number of rotatable bonds is 6. The molecule has 0 radical (unpaired) electrons. The molecule has 2 aromatic carbocycles. The van der Waals surface area contributed by atoms with Crippen molar-refractivity contribution in [2.24, 2.45) is 0 Å². The van der Waals surface area contributed by atoms with Gasteiger partial charge >= 0.3 is 5.97 Å². The number of hydrogen-bond acceptors (Lipinski definition) is 8. The number of carbonyl (C=O) groups is 2. The monoisotopic (exact) mass is 511 g/mol. The van der Waals surface area contributed by atoms with Crippen LogP contribution < -0.4 is 25.0 Å². The molecule has 9 heteroatoms. The van der Waals surface area contributed by atoms with Crippen molar-refractivity contribution in [2.45, 2.75) is 30.7 Å². The Hall–Kier alpha value is -3.30. The van der Waals surface area contributed by atoms with Crippen LogP contribution in [0, 0.1) is 0 Å². The maximum absolute atomic E-state index is 12.9. The maximum Gasteiger partial charge on any atom is 0.353 e. The van der Waals surface area contributed by atoms with Crippen LogP contribution in [0.5, 0.6) is 17.2 Å². The van der Waals surface area contributed by atoms with Gasteiger partial charge in [-0.2, -0.15) is 0 Å². The first kappa shape index (κ1) is 24.8. The number of thiophene rings is 1. The fourth-order valence-electron chi connectivity index (χ4n) is 4.33. The molecular weight excluding hydrogens is 486 g/mol. The molecule has 4 rings (SSSR count). The van der Waals surface area contributed by atoms with Gasteiger partial charge in [0.15, 0.2) is 16.9 Å². The summed E-state index contributed by atoms with van der Waals surface area (Å²) < 4.78 is 17.2. The molecule has 182 valence electrons. The number of hydrogen-bond donors (Lipinski definition) is 1. The molecule has 0 bridgehead atoms. The predicted octanol–water partition coefficient (Wildman–Crippen LogP) is 4.86. The zero-order chi connectivity index (χ0) is 25.1. The van der Waals surface area contributed by atoms with E-state index in [9.17, 15) is 14.4 Å². The van der Waals surface area contributed by atoms with Crippen molar-refractivity contribution in [3.05, 3.63) is 68.0 Å². The van der Waals surface area contributed by atoms with Gasteiger partial charge < -0.3 is 19.5 Å². The molecule has 0 saturated carbocycles. The van der Waals surface area contributed by atoms with Crippen LogP contribution in [0.15, 0.2) is 51.5 Å². The lowest BCUT2D eigenvalue weighted by Crippen LogP contribution is -2.26. The Bertz CT molecular complexity index is 1340. The SMILES string of the molecule is COc1c(OC(=O)c2cccs2)cc2c(c1OC)-c1ccc(SC)c(=O)cc1C(NC(C)=O)CC2. The molecule has 3 aromatic rings. The van der Waals surface area contributed by atoms with Crippen LogP contribution in [-0.2, 0) is 11.2 Å². The minimum atomic E-state index is -0.488. The molecule has 7 nitrogen and oxygen atoms in total. The fourth-order valence-corrected chi connectivity index (χ4v) is 5.39. The van der Waals surface area contributed by atoms with Crippen molar-refractivity contribution >= 4 is 35.0 Å². The normalized spacial score (nSPS) is 14.2. The topological polar surface area (TPSA) is 90.9 Å². The maximum atomic E-state index is 12.9. The second-order valence-electron chi connectivity index (χ2n) is 7.91. The molecular formula is C26H25NO6S2. The first-order valence-electron chi connectivity index (χ1n) is 10.9. The summed E-state index contributed by atoms with van der Waals surface area (Å²) in [6.07, 6.45) is 2.94. The summed E-state index contributed by atoms with van der Waals surface area (Å²) in [5.74, 6) is 0.242. The van der Waals surface area contributed by atoms with Crippen LogP contribution in [0.3, 0.4) is 0 Å². The smallest absolute Gasteiger partial charge is 0.353 e. The predicted molar refractivity (Wildman–Crippen MR) is 137 cm³/mol. The number of fused-ring (bicyclic) bond motifs is 3. The Morgan fingerprint density at radius 2 is 1.89 bits per heavy atom. The Morgan fingerprint density at radius 1 is 1.11 bits per heavy atom. The molecule has 1 N–H and O–H groups in total. The molecule has 0 spiro atoms. The van der Waals surface area contributed by atoms with Crippen LogP contribution in [0.1, 0.15) is 40.2 Å². The number of ether oxygens (including phenoxy) is 3. The highest BCUT2D eigenvalue weighted by Gasteiger charge is 2.30. The zero-order valence-electron chi connectivity index (χ0n) is 19.8. The van der Waals surface area contributed by atoms with E-state index < -0.39 is 5.97 Å². The Morgan fingerprint density at radius 3 is 2.51 bits per heavy atom. The molecule has 1 atom stereocenters. The number of aryl methyl sites for hydroxylation is 1. The summed E-state index contributed by atoms with van der Waals surface area (Å²) in [7, 11) is 3.01. The van der Waals surface area contributed by atoms with Gasteiger partial charge in [0, 0.05) is 12.5 Å². The summed E-state index contributed by atoms with van der Waals surface area (Å²) in [5.41, 5.74) is 2.93. The van der Waals surface area contributed by atoms with Gasteiger partial charge in [0.05, 0.1) is 25.2 Å². The minimum Gasteiger partial charge on any atom is -0.492 e. The van der Waals surface area contributed by atoms with Gasteiger partial charge in [-0.3, -0.25) is 9.59 Å². The minimum absolute atomic E-state index is 0.120. The lowest BCUT2D eigenvalue weighted by Gasteiger charge is -2.20. The van der Waals surface area contributed by atoms with Gasteiger partial charge in [0.1, 0.15) is 4.88 Å². The van der Waals surface area contributed by atoms with Crippen molar-refractivity contribution in [1.29, 1.82) is 0 Å². The molecule has 1 aliphatic rings. The van der Waals surface area contributed by atoms with Crippen LogP contribution in [0.25, 0.3) is 11.1 Å². The van der Waals surface area contributed by atoms with E-state index >= 15 is 0 Å². The van der Waals surface area contributed by atoms with E-state index in [1.165, 1.54) is 44.2 Å². The lowest BCUT2D eigenvalue weighted by molar-refractivity contribution is -0.119. The Balaban J connectivity index is 1.96. The van der Waals surface area contributed by atoms with E-state index in [0.717, 1.165) is 16.7 Å². The zero-order valence-corrected chi connectivity index (χ0v) is 21.4. The van der Waals surface area contributed by atoms with E-state index in [0.29, 0.717) is 33.9 Å². The van der Waals surface area contributed by atoms with Crippen LogP contribution >= 0.6 is 23.1 Å². The third-order valence-electron chi connectivity index (χ3n) is 5.80. The largest absolute Gasteiger partial charge is 0.492 e. The number of methoxy groups -OCH3 is 2. The first-order valence-corrected chi connectivity index (χ1v) is 13.0. The van der Waals surface area contributed by atoms with Crippen molar-refractivity contribution in [2.75, 3.05) is 20.5 Å². The molecule has 0 aliphatic heterocycles. The summed E-state index contributed by atoms with van der Waals surface area (Å²) in [5, 5.41) is 4.79. The highest BCUT2D eigenvalue weighted by molar-refractivity contribution is 7.98. The Labute approximate surface area is 211 Å². The summed E-state index contributed by atoms with van der Waals surface area (Å²) in [6.45, 7) is 1.46. The second-order valence-corrected chi connectivity index (χ2v) is 9.71. The number of carbonyl (C=O) groups excluding carboxylic acids is 2. The summed E-state index contributed by atoms with van der Waals surface area (Å²) in [6, 6.07) is 10.1. The van der Waals surface area contributed by atoms with Gasteiger partial charge in [0.2, 0.25) is 11.7 Å². The van der Waals surface area contributed by atoms with Crippen LogP contribution in [0.4, 0.5) is 0 Å². The number of amides is 1. The molecule has 1 unspecified atom stereocenters. The molecule has 1 heterocycles. The average Bonchev–Trinajstić information content (AvgIpc) is 3.28. The highest BCUT2D eigenvalue weighted by Crippen LogP contribution is 2.50. The molecule has 1 amide bonds. The van der Waals surface area contributed by atoms with Crippen molar-refractivity contribution in [3.8, 4) is 28.4 Å². The number of esters is 1. The van der Waals surface area contributed by atoms with Crippen molar-refractivity contribution in [1.82, 2.24) is 5.32 Å². The third kappa shape index (κ3) is 4.92. The van der Waals surface area contributed by atoms with Gasteiger partial charge in [-0.05, 0) is 65.4 Å². The second kappa shape index (κ2) is 10.5. The van der Waals surface area contributed by atoms with E-state index in [2.05, 4.69) is 5.32 Å². The molecule has 35 heavy (non-hydrogen) atoms. The van der Waals surface area contributed by atoms with Crippen molar-refractivity contribution in [3.63, 3.8) is 0 Å². The van der Waals surface area contributed by atoms with Crippen LogP contribution in [0.2, 0.25) is 0 Å². The molecule has 1 aromatic heterocycles. The third-order valence-corrected chi connectivity index (χ3v) is 7.43. The van der Waals surface area contributed by atoms with Gasteiger partial charge in [-0.25, -0.2) is 4.79 Å². The van der Waals surface area contributed by atoms with Crippen LogP contribution in [-0.4, -0.2) is 32.4 Å². The van der Waals surface area contributed by atoms with E-state index in [1.807, 2.05) is 12.3 Å². The number of nitrogens with one attached hydrogen (secondary N) is 1. The quantitative estimate of drug-likeness (QED) is 0.287. The number of thioether (sulfide) groups is 1. The van der Waals surface area contributed by atoms with Crippen molar-refractivity contribution < 1.29 is 23.8 Å². The van der Waals surface area contributed by atoms with E-state index in [4.69, 9.17) is 14.2 Å². The van der Waals surface area contributed by atoms with Gasteiger partial charge in [-0.1, -0.05) is 12.1 Å². The fraction of sp³-hybridized carbons (Fsp3) is 0.269. The molecule has 0 fully saturated rings. The standard InChI is InChI=1S/C26H25NO6S2/c1-14(28)27-18-9-7-15-12-20(33-26(30)22-6-5-11-35-22)24(31-2)25(32-3)23(15)16-8-10-21(34-4)19(29)13-17(16)18/h5-6,8,10-13,18H,7,9H2,1-4H3,(H,27,28). The van der Waals surface area contributed by atoms with Gasteiger partial charge in [-0.15, -0.1) is 23.1 Å². The lowest BCUT2D eigenvalue weighted by atomic mass is 9.95. The van der Waals surface area contributed by atoms with Gasteiger partial charge in [0.25, 0.3) is 0 Å². The average molecular weight is 512 g/mol. The highest BCUT2D eigenvalue weighted by atomic mass is 32.2. The molecule has 1 aliphatic carbocycles. The molecule has 0 saturated heterocycles. The summed E-state index contributed by atoms with van der Waals surface area (Å²) in [4.78, 5) is 38.7. The summed E-state index contributed by atoms with van der Waals surface area (Å²) >= 11 is 2.65. The van der Waals surface area contributed by atoms with E-state index in [-0.39, 0.29) is 28.9 Å². The number of benzene rings is 1.